The van der Waals surface area contributed by atoms with Crippen molar-refractivity contribution in [3.8, 4) is 0 Å². The molecule has 1 unspecified atom stereocenters. The number of aromatic nitrogens is 2. The fraction of sp³-hybridized carbons (Fsp3) is 0.692. The summed E-state index contributed by atoms with van der Waals surface area (Å²) in [6, 6.07) is 0.481. The molecule has 1 aromatic rings. The molecule has 0 amide bonds. The van der Waals surface area contributed by atoms with Gasteiger partial charge in [-0.25, -0.2) is 10.8 Å². The molecule has 5 heteroatoms. The third kappa shape index (κ3) is 4.49. The predicted molar refractivity (Wildman–Crippen MR) is 76.4 cm³/mol. The van der Waals surface area contributed by atoms with Crippen molar-refractivity contribution in [2.75, 3.05) is 10.7 Å². The minimum atomic E-state index is 0.453. The van der Waals surface area contributed by atoms with Crippen molar-refractivity contribution in [3.63, 3.8) is 0 Å². The van der Waals surface area contributed by atoms with Gasteiger partial charge in [-0.1, -0.05) is 33.1 Å². The van der Waals surface area contributed by atoms with Gasteiger partial charge in [0.15, 0.2) is 0 Å². The van der Waals surface area contributed by atoms with E-state index in [2.05, 4.69) is 34.6 Å². The molecule has 0 spiro atoms. The molecular weight excluding hydrogens is 226 g/mol. The number of rotatable bonds is 8. The number of hydrogen-bond acceptors (Lipinski definition) is 5. The first-order valence-corrected chi connectivity index (χ1v) is 6.78. The molecule has 0 aliphatic carbocycles. The topological polar surface area (TPSA) is 75.9 Å². The highest BCUT2D eigenvalue weighted by Gasteiger charge is 2.10. The zero-order valence-electron chi connectivity index (χ0n) is 11.7. The monoisotopic (exact) mass is 251 g/mol. The number of aryl methyl sites for hydroxylation is 1. The molecule has 1 atom stereocenters. The molecular formula is C13H25N5. The van der Waals surface area contributed by atoms with Crippen LogP contribution in [0.4, 0.5) is 11.8 Å². The summed E-state index contributed by atoms with van der Waals surface area (Å²) in [7, 11) is 0. The molecule has 0 aliphatic heterocycles. The fourth-order valence-corrected chi connectivity index (χ4v) is 1.94. The van der Waals surface area contributed by atoms with Gasteiger partial charge in [0.25, 0.3) is 0 Å². The predicted octanol–water partition coefficient (Wildman–Crippen LogP) is 2.84. The van der Waals surface area contributed by atoms with Crippen LogP contribution >= 0.6 is 0 Å². The van der Waals surface area contributed by atoms with Crippen LogP contribution in [0.15, 0.2) is 6.20 Å². The Balaban J connectivity index is 2.72. The lowest BCUT2D eigenvalue weighted by Crippen LogP contribution is -2.21. The first-order chi connectivity index (χ1) is 8.71. The van der Waals surface area contributed by atoms with E-state index >= 15 is 0 Å². The Kier molecular flexibility index (Phi) is 6.43. The van der Waals surface area contributed by atoms with Crippen LogP contribution in [0.25, 0.3) is 0 Å². The van der Waals surface area contributed by atoms with E-state index in [-0.39, 0.29) is 0 Å². The second-order valence-electron chi connectivity index (χ2n) is 4.64. The highest BCUT2D eigenvalue weighted by Crippen LogP contribution is 2.17. The largest absolute Gasteiger partial charge is 0.367 e. The number of nitrogens with one attached hydrogen (secondary N) is 2. The molecule has 0 radical (unpaired) electrons. The summed E-state index contributed by atoms with van der Waals surface area (Å²) in [4.78, 5) is 8.45. The van der Waals surface area contributed by atoms with Gasteiger partial charge in [0.1, 0.15) is 5.82 Å². The van der Waals surface area contributed by atoms with Crippen LogP contribution in [0.1, 0.15) is 51.5 Å². The Morgan fingerprint density at radius 2 is 2.06 bits per heavy atom. The number of anilines is 2. The van der Waals surface area contributed by atoms with Crippen molar-refractivity contribution >= 4 is 11.8 Å². The Hall–Kier alpha value is -1.36. The highest BCUT2D eigenvalue weighted by atomic mass is 15.3. The van der Waals surface area contributed by atoms with Crippen molar-refractivity contribution in [3.05, 3.63) is 11.8 Å². The lowest BCUT2D eigenvalue weighted by Gasteiger charge is -2.19. The van der Waals surface area contributed by atoms with Crippen molar-refractivity contribution in [2.24, 2.45) is 5.84 Å². The molecule has 0 bridgehead atoms. The van der Waals surface area contributed by atoms with E-state index < -0.39 is 0 Å². The smallest absolute Gasteiger partial charge is 0.239 e. The Bertz CT molecular complexity index is 353. The standard InChI is InChI=1S/C13H25N5/c1-4-6-8-11(7-5-2)16-12-10(3)9-15-13(17-12)18-14/h9,11H,4-8,14H2,1-3H3,(H2,15,16,17,18). The Morgan fingerprint density at radius 1 is 1.28 bits per heavy atom. The quantitative estimate of drug-likeness (QED) is 0.489. The molecule has 1 rings (SSSR count). The van der Waals surface area contributed by atoms with Crippen LogP contribution < -0.4 is 16.6 Å². The summed E-state index contributed by atoms with van der Waals surface area (Å²) in [5.74, 6) is 6.67. The van der Waals surface area contributed by atoms with Crippen molar-refractivity contribution in [2.45, 2.75) is 58.9 Å². The van der Waals surface area contributed by atoms with E-state index in [9.17, 15) is 0 Å². The first kappa shape index (κ1) is 14.7. The molecule has 1 aromatic heterocycles. The molecule has 0 saturated carbocycles. The third-order valence-electron chi connectivity index (χ3n) is 2.98. The van der Waals surface area contributed by atoms with Crippen LogP contribution in [0.5, 0.6) is 0 Å². The molecule has 0 saturated heterocycles. The zero-order valence-corrected chi connectivity index (χ0v) is 11.7. The number of nitrogens with two attached hydrogens (primary N) is 1. The van der Waals surface area contributed by atoms with E-state index in [1.165, 1.54) is 25.7 Å². The van der Waals surface area contributed by atoms with Gasteiger partial charge in [-0.05, 0) is 19.8 Å². The molecule has 5 nitrogen and oxygen atoms in total. The Labute approximate surface area is 110 Å². The van der Waals surface area contributed by atoms with Gasteiger partial charge in [-0.2, -0.15) is 4.98 Å². The van der Waals surface area contributed by atoms with E-state index in [1.807, 2.05) is 6.92 Å². The van der Waals surface area contributed by atoms with Crippen molar-refractivity contribution < 1.29 is 0 Å². The van der Waals surface area contributed by atoms with Crippen molar-refractivity contribution in [1.29, 1.82) is 0 Å². The summed E-state index contributed by atoms with van der Waals surface area (Å²) in [6.45, 7) is 6.43. The lowest BCUT2D eigenvalue weighted by molar-refractivity contribution is 0.562. The molecule has 0 fully saturated rings. The maximum Gasteiger partial charge on any atom is 0.239 e. The Morgan fingerprint density at radius 3 is 2.67 bits per heavy atom. The number of hydrazine groups is 1. The first-order valence-electron chi connectivity index (χ1n) is 6.78. The minimum Gasteiger partial charge on any atom is -0.367 e. The van der Waals surface area contributed by atoms with E-state index in [0.717, 1.165) is 17.8 Å². The highest BCUT2D eigenvalue weighted by molar-refractivity contribution is 5.46. The van der Waals surface area contributed by atoms with Gasteiger partial charge in [0, 0.05) is 17.8 Å². The average Bonchev–Trinajstić information content (AvgIpc) is 2.38. The second kappa shape index (κ2) is 7.87. The summed E-state index contributed by atoms with van der Waals surface area (Å²) in [5.41, 5.74) is 3.53. The summed E-state index contributed by atoms with van der Waals surface area (Å²) in [5, 5.41) is 3.51. The van der Waals surface area contributed by atoms with Crippen molar-refractivity contribution in [1.82, 2.24) is 9.97 Å². The van der Waals surface area contributed by atoms with Gasteiger partial charge < -0.3 is 5.32 Å². The average molecular weight is 251 g/mol. The molecule has 18 heavy (non-hydrogen) atoms. The fourth-order valence-electron chi connectivity index (χ4n) is 1.94. The summed E-state index contributed by atoms with van der Waals surface area (Å²) >= 11 is 0. The lowest BCUT2D eigenvalue weighted by atomic mass is 10.1. The number of nitrogens with zero attached hydrogens (tertiary/aromatic N) is 2. The second-order valence-corrected chi connectivity index (χ2v) is 4.64. The molecule has 102 valence electrons. The summed E-state index contributed by atoms with van der Waals surface area (Å²) < 4.78 is 0. The number of hydrogen-bond donors (Lipinski definition) is 3. The molecule has 1 heterocycles. The van der Waals surface area contributed by atoms with Gasteiger partial charge in [0.05, 0.1) is 0 Å². The zero-order chi connectivity index (χ0) is 13.4. The van der Waals surface area contributed by atoms with Crippen LogP contribution in [0.3, 0.4) is 0 Å². The van der Waals surface area contributed by atoms with E-state index in [0.29, 0.717) is 12.0 Å². The maximum absolute atomic E-state index is 5.34. The van der Waals surface area contributed by atoms with Crippen LogP contribution in [0, 0.1) is 6.92 Å². The molecule has 4 N–H and O–H groups in total. The van der Waals surface area contributed by atoms with Crippen LogP contribution in [-0.4, -0.2) is 16.0 Å². The summed E-state index contributed by atoms with van der Waals surface area (Å²) in [6.07, 6.45) is 7.76. The van der Waals surface area contributed by atoms with Gasteiger partial charge >= 0.3 is 0 Å². The van der Waals surface area contributed by atoms with Gasteiger partial charge in [0.2, 0.25) is 5.95 Å². The van der Waals surface area contributed by atoms with Gasteiger partial charge in [-0.3, -0.25) is 5.43 Å². The normalized spacial score (nSPS) is 12.2. The van der Waals surface area contributed by atoms with Crippen LogP contribution in [0.2, 0.25) is 0 Å². The molecule has 0 aromatic carbocycles. The van der Waals surface area contributed by atoms with E-state index in [4.69, 9.17) is 5.84 Å². The van der Waals surface area contributed by atoms with Crippen LogP contribution in [-0.2, 0) is 0 Å². The molecule has 0 aliphatic rings. The SMILES string of the molecule is CCCCC(CCC)Nc1nc(NN)ncc1C. The third-order valence-corrected chi connectivity index (χ3v) is 2.98. The minimum absolute atomic E-state index is 0.453. The maximum atomic E-state index is 5.34. The van der Waals surface area contributed by atoms with Gasteiger partial charge in [-0.15, -0.1) is 0 Å². The number of unbranched alkanes of at least 4 members (excludes halogenated alkanes) is 1. The number of nitrogen functional groups attached to an aromatic ring is 1. The van der Waals surface area contributed by atoms with E-state index in [1.54, 1.807) is 6.20 Å².